The fraction of sp³-hybridized carbons (Fsp3) is 0.800. The first-order valence-corrected chi connectivity index (χ1v) is 3.57. The molecule has 0 aromatic carbocycles. The molecular formula is C5H7F3O3S. The normalized spacial score (nSPS) is 14.0. The molecule has 0 rings (SSSR count). The van der Waals surface area contributed by atoms with E-state index >= 15 is 0 Å². The fourth-order valence-corrected chi connectivity index (χ4v) is 0.779. The predicted octanol–water partition coefficient (Wildman–Crippen LogP) is 1.38. The lowest BCUT2D eigenvalue weighted by Gasteiger charge is -2.16. The van der Waals surface area contributed by atoms with Gasteiger partial charge in [-0.05, 0) is 0 Å². The second-order valence-electron chi connectivity index (χ2n) is 1.71. The highest BCUT2D eigenvalue weighted by atomic mass is 32.2. The van der Waals surface area contributed by atoms with Gasteiger partial charge in [0.2, 0.25) is 6.17 Å². The predicted molar refractivity (Wildman–Crippen MR) is 36.5 cm³/mol. The van der Waals surface area contributed by atoms with Gasteiger partial charge in [-0.25, -0.2) is 4.39 Å². The summed E-state index contributed by atoms with van der Waals surface area (Å²) in [5.41, 5.74) is 0. The molecule has 72 valence electrons. The van der Waals surface area contributed by atoms with Crippen LogP contribution < -0.4 is 0 Å². The molecule has 0 N–H and O–H groups in total. The van der Waals surface area contributed by atoms with Gasteiger partial charge in [-0.2, -0.15) is 8.78 Å². The summed E-state index contributed by atoms with van der Waals surface area (Å²) in [6.45, 7) is -1.08. The second-order valence-corrected chi connectivity index (χ2v) is 2.75. The van der Waals surface area contributed by atoms with Gasteiger partial charge in [0.1, 0.15) is 6.61 Å². The van der Waals surface area contributed by atoms with Gasteiger partial charge in [-0.1, -0.05) is 0 Å². The molecule has 0 bridgehead atoms. The largest absolute Gasteiger partial charge is 0.465 e. The second kappa shape index (κ2) is 5.26. The van der Waals surface area contributed by atoms with Crippen LogP contribution >= 0.6 is 12.0 Å². The van der Waals surface area contributed by atoms with Crippen molar-refractivity contribution in [1.82, 2.24) is 0 Å². The number of rotatable bonds is 6. The maximum Gasteiger partial charge on any atom is 0.351 e. The van der Waals surface area contributed by atoms with Crippen molar-refractivity contribution in [2.45, 2.75) is 11.4 Å². The third kappa shape index (κ3) is 3.82. The highest BCUT2D eigenvalue weighted by molar-refractivity contribution is 7.95. The first-order valence-electron chi connectivity index (χ1n) is 2.83. The highest BCUT2D eigenvalue weighted by Crippen LogP contribution is 2.34. The van der Waals surface area contributed by atoms with E-state index in [0.717, 1.165) is 7.11 Å². The minimum atomic E-state index is -3.70. The van der Waals surface area contributed by atoms with Crippen LogP contribution in [0.15, 0.2) is 0 Å². The molecule has 0 saturated carbocycles. The maximum atomic E-state index is 12.4. The summed E-state index contributed by atoms with van der Waals surface area (Å²) >= 11 is -0.312. The lowest BCUT2D eigenvalue weighted by atomic mass is 10.4. The standard InChI is InChI=1S/C5H7F3O3S/c1-10-12-5(7,8)4(6)2-11-3-9/h3-4H,2H2,1H3. The third-order valence-corrected chi connectivity index (χ3v) is 1.51. The summed E-state index contributed by atoms with van der Waals surface area (Å²) in [4.78, 5) is 9.52. The molecule has 12 heavy (non-hydrogen) atoms. The Hall–Kier alpha value is -0.430. The van der Waals surface area contributed by atoms with Gasteiger partial charge < -0.3 is 8.92 Å². The molecule has 0 radical (unpaired) electrons. The van der Waals surface area contributed by atoms with E-state index in [1.807, 2.05) is 0 Å². The maximum absolute atomic E-state index is 12.4. The number of carbonyl (C=O) groups is 1. The van der Waals surface area contributed by atoms with E-state index in [1.54, 1.807) is 0 Å². The van der Waals surface area contributed by atoms with Gasteiger partial charge in [0.15, 0.2) is 0 Å². The molecule has 3 nitrogen and oxygen atoms in total. The van der Waals surface area contributed by atoms with Gasteiger partial charge >= 0.3 is 5.25 Å². The molecule has 0 aromatic rings. The van der Waals surface area contributed by atoms with Crippen LogP contribution in [0.25, 0.3) is 0 Å². The smallest absolute Gasteiger partial charge is 0.351 e. The van der Waals surface area contributed by atoms with Crippen LogP contribution in [0, 0.1) is 0 Å². The number of hydrogen-bond donors (Lipinski definition) is 0. The van der Waals surface area contributed by atoms with Gasteiger partial charge in [-0.3, -0.25) is 4.79 Å². The molecule has 0 spiro atoms. The van der Waals surface area contributed by atoms with Crippen molar-refractivity contribution in [2.75, 3.05) is 13.7 Å². The fourth-order valence-electron chi connectivity index (χ4n) is 0.384. The average molecular weight is 204 g/mol. The monoisotopic (exact) mass is 204 g/mol. The van der Waals surface area contributed by atoms with E-state index in [4.69, 9.17) is 0 Å². The first kappa shape index (κ1) is 11.6. The molecule has 1 atom stereocenters. The topological polar surface area (TPSA) is 35.5 Å². The number of halogens is 3. The summed E-state index contributed by atoms with van der Waals surface area (Å²) < 4.78 is 45.1. The molecule has 0 aliphatic carbocycles. The van der Waals surface area contributed by atoms with Gasteiger partial charge in [0.25, 0.3) is 6.47 Å². The van der Waals surface area contributed by atoms with E-state index in [0.29, 0.717) is 0 Å². The Morgan fingerprint density at radius 2 is 2.25 bits per heavy atom. The van der Waals surface area contributed by atoms with Crippen LogP contribution in [0.5, 0.6) is 0 Å². The van der Waals surface area contributed by atoms with Crippen molar-refractivity contribution in [1.29, 1.82) is 0 Å². The Balaban J connectivity index is 3.86. The van der Waals surface area contributed by atoms with E-state index in [2.05, 4.69) is 8.92 Å². The molecule has 0 heterocycles. The van der Waals surface area contributed by atoms with Crippen molar-refractivity contribution >= 4 is 18.5 Å². The summed E-state index contributed by atoms with van der Waals surface area (Å²) in [5.74, 6) is 0. The van der Waals surface area contributed by atoms with Crippen molar-refractivity contribution in [3.8, 4) is 0 Å². The first-order chi connectivity index (χ1) is 5.54. The van der Waals surface area contributed by atoms with Crippen LogP contribution in [0.1, 0.15) is 0 Å². The molecule has 0 saturated heterocycles. The molecule has 0 amide bonds. The summed E-state index contributed by atoms with van der Waals surface area (Å²) in [7, 11) is 0.992. The Bertz CT molecular complexity index is 144. The SMILES string of the molecule is COSC(F)(F)C(F)COC=O. The van der Waals surface area contributed by atoms with Crippen LogP contribution in [0.3, 0.4) is 0 Å². The Kier molecular flexibility index (Phi) is 5.07. The summed E-state index contributed by atoms with van der Waals surface area (Å²) in [6.07, 6.45) is -2.56. The average Bonchev–Trinajstić information content (AvgIpc) is 2.00. The van der Waals surface area contributed by atoms with Gasteiger partial charge in [0, 0.05) is 0 Å². The van der Waals surface area contributed by atoms with Crippen LogP contribution in [-0.4, -0.2) is 31.6 Å². The minimum absolute atomic E-state index is 0.0971. The number of alkyl halides is 3. The molecular weight excluding hydrogens is 197 g/mol. The molecule has 0 aliphatic rings. The van der Waals surface area contributed by atoms with Crippen LogP contribution in [0.2, 0.25) is 0 Å². The van der Waals surface area contributed by atoms with Crippen LogP contribution in [-0.2, 0) is 13.7 Å². The summed E-state index contributed by atoms with van der Waals surface area (Å²) in [6, 6.07) is 0. The number of carbonyl (C=O) groups excluding carboxylic acids is 1. The summed E-state index contributed by atoms with van der Waals surface area (Å²) in [5, 5.41) is -3.70. The van der Waals surface area contributed by atoms with Gasteiger partial charge in [0.05, 0.1) is 19.2 Å². The molecule has 0 aliphatic heterocycles. The number of ether oxygens (including phenoxy) is 1. The van der Waals surface area contributed by atoms with E-state index in [9.17, 15) is 18.0 Å². The zero-order valence-electron chi connectivity index (χ0n) is 6.13. The highest BCUT2D eigenvalue weighted by Gasteiger charge is 2.42. The quantitative estimate of drug-likeness (QED) is 0.483. The van der Waals surface area contributed by atoms with Crippen LogP contribution in [0.4, 0.5) is 13.2 Å². The molecule has 0 aromatic heterocycles. The van der Waals surface area contributed by atoms with E-state index in [1.165, 1.54) is 0 Å². The molecule has 7 heteroatoms. The van der Waals surface area contributed by atoms with Crippen molar-refractivity contribution in [3.63, 3.8) is 0 Å². The van der Waals surface area contributed by atoms with E-state index in [-0.39, 0.29) is 18.5 Å². The minimum Gasteiger partial charge on any atom is -0.465 e. The van der Waals surface area contributed by atoms with Gasteiger partial charge in [-0.15, -0.1) is 0 Å². The zero-order chi connectivity index (χ0) is 9.61. The van der Waals surface area contributed by atoms with E-state index < -0.39 is 18.0 Å². The zero-order valence-corrected chi connectivity index (χ0v) is 6.95. The van der Waals surface area contributed by atoms with Crippen molar-refractivity contribution < 1.29 is 26.9 Å². The lowest BCUT2D eigenvalue weighted by molar-refractivity contribution is -0.133. The number of hydrogen-bond acceptors (Lipinski definition) is 4. The Morgan fingerprint density at radius 3 is 2.67 bits per heavy atom. The third-order valence-electron chi connectivity index (χ3n) is 0.870. The Labute approximate surface area is 71.4 Å². The molecule has 0 fully saturated rings. The van der Waals surface area contributed by atoms with Crippen molar-refractivity contribution in [3.05, 3.63) is 0 Å². The van der Waals surface area contributed by atoms with Crippen molar-refractivity contribution in [2.24, 2.45) is 0 Å². The Morgan fingerprint density at radius 1 is 1.67 bits per heavy atom. The molecule has 1 unspecified atom stereocenters. The lowest BCUT2D eigenvalue weighted by Crippen LogP contribution is -2.30.